The topological polar surface area (TPSA) is 84.3 Å². The van der Waals surface area contributed by atoms with E-state index in [0.29, 0.717) is 18.7 Å². The fourth-order valence-electron chi connectivity index (χ4n) is 3.06. The lowest BCUT2D eigenvalue weighted by molar-refractivity contribution is -0.141. The number of alkyl halides is 3. The molecule has 0 aliphatic carbocycles. The summed E-state index contributed by atoms with van der Waals surface area (Å²) in [6.07, 6.45) is -2.03. The van der Waals surface area contributed by atoms with Crippen LogP contribution in [-0.4, -0.2) is 37.2 Å². The number of nitrogens with one attached hydrogen (secondary N) is 1. The maximum atomic E-state index is 12.6. The van der Waals surface area contributed by atoms with Crippen molar-refractivity contribution in [3.63, 3.8) is 0 Å². The molecule has 1 aliphatic heterocycles. The number of halogens is 3. The van der Waals surface area contributed by atoms with Crippen molar-refractivity contribution in [1.29, 1.82) is 0 Å². The Balaban J connectivity index is 1.57. The summed E-state index contributed by atoms with van der Waals surface area (Å²) in [4.78, 5) is 13.4. The van der Waals surface area contributed by atoms with E-state index in [2.05, 4.69) is 9.82 Å². The zero-order valence-electron chi connectivity index (χ0n) is 15.7. The van der Waals surface area contributed by atoms with Gasteiger partial charge in [0.1, 0.15) is 0 Å². The van der Waals surface area contributed by atoms with Crippen LogP contribution in [-0.2, 0) is 27.5 Å². The molecule has 1 saturated heterocycles. The number of rotatable bonds is 7. The highest BCUT2D eigenvalue weighted by atomic mass is 32.2. The number of hydrogen-bond donors (Lipinski definition) is 1. The quantitative estimate of drug-likeness (QED) is 0.732. The van der Waals surface area contributed by atoms with Gasteiger partial charge >= 0.3 is 6.18 Å². The van der Waals surface area contributed by atoms with Crippen LogP contribution >= 0.6 is 0 Å². The first kappa shape index (κ1) is 21.3. The average Bonchev–Trinajstić information content (AvgIpc) is 3.29. The first-order chi connectivity index (χ1) is 13.6. The molecular formula is C18H21F3N4O3S. The second-order valence-electron chi connectivity index (χ2n) is 7.02. The minimum absolute atomic E-state index is 0.0138. The summed E-state index contributed by atoms with van der Waals surface area (Å²) in [6.45, 7) is 2.49. The summed E-state index contributed by atoms with van der Waals surface area (Å²) < 4.78 is 66.3. The standard InChI is InChI=1S/C18H21F3N4O3S/c1-13(12-24-10-8-16(23-24)18(19,20)21)11-22-29(27,28)15-6-4-14(5-7-15)25-9-2-3-17(25)26/h4-8,10,13,22H,2-3,9,11-12H2,1H3. The van der Waals surface area contributed by atoms with Gasteiger partial charge in [-0.05, 0) is 42.7 Å². The van der Waals surface area contributed by atoms with Crippen molar-refractivity contribution in [1.82, 2.24) is 14.5 Å². The van der Waals surface area contributed by atoms with Crippen LogP contribution in [0.25, 0.3) is 0 Å². The van der Waals surface area contributed by atoms with Crippen molar-refractivity contribution in [2.24, 2.45) is 5.92 Å². The molecule has 3 rings (SSSR count). The van der Waals surface area contributed by atoms with Gasteiger partial charge in [-0.3, -0.25) is 9.48 Å². The fraction of sp³-hybridized carbons (Fsp3) is 0.444. The third-order valence-electron chi connectivity index (χ3n) is 4.58. The molecule has 2 heterocycles. The van der Waals surface area contributed by atoms with E-state index in [4.69, 9.17) is 0 Å². The first-order valence-corrected chi connectivity index (χ1v) is 10.6. The molecule has 0 bridgehead atoms. The van der Waals surface area contributed by atoms with Crippen molar-refractivity contribution in [2.45, 2.75) is 37.4 Å². The van der Waals surface area contributed by atoms with Gasteiger partial charge in [-0.25, -0.2) is 13.1 Å². The smallest absolute Gasteiger partial charge is 0.312 e. The highest BCUT2D eigenvalue weighted by Gasteiger charge is 2.33. The van der Waals surface area contributed by atoms with Gasteiger partial charge in [-0.1, -0.05) is 6.92 Å². The minimum atomic E-state index is -4.51. The van der Waals surface area contributed by atoms with Crippen LogP contribution in [0, 0.1) is 5.92 Å². The number of anilines is 1. The molecule has 1 fully saturated rings. The summed E-state index contributed by atoms with van der Waals surface area (Å²) in [7, 11) is -3.78. The summed E-state index contributed by atoms with van der Waals surface area (Å²) in [5.41, 5.74) is -0.333. The molecule has 1 N–H and O–H groups in total. The third kappa shape index (κ3) is 5.15. The minimum Gasteiger partial charge on any atom is -0.312 e. The summed E-state index contributed by atoms with van der Waals surface area (Å²) in [5.74, 6) is -0.271. The van der Waals surface area contributed by atoms with Crippen LogP contribution in [0.4, 0.5) is 18.9 Å². The van der Waals surface area contributed by atoms with Gasteiger partial charge in [0.15, 0.2) is 5.69 Å². The van der Waals surface area contributed by atoms with Crippen molar-refractivity contribution >= 4 is 21.6 Å². The molecule has 1 aromatic heterocycles. The number of nitrogens with zero attached hydrogens (tertiary/aromatic N) is 3. The molecule has 7 nitrogen and oxygen atoms in total. The Kier molecular flexibility index (Phi) is 5.99. The number of hydrogen-bond acceptors (Lipinski definition) is 4. The van der Waals surface area contributed by atoms with Gasteiger partial charge < -0.3 is 4.90 Å². The second kappa shape index (κ2) is 8.15. The van der Waals surface area contributed by atoms with E-state index in [9.17, 15) is 26.4 Å². The highest BCUT2D eigenvalue weighted by Crippen LogP contribution is 2.27. The van der Waals surface area contributed by atoms with Crippen molar-refractivity contribution in [2.75, 3.05) is 18.0 Å². The Morgan fingerprint density at radius 2 is 1.90 bits per heavy atom. The van der Waals surface area contributed by atoms with Crippen LogP contribution < -0.4 is 9.62 Å². The zero-order valence-corrected chi connectivity index (χ0v) is 16.5. The predicted molar refractivity (Wildman–Crippen MR) is 99.6 cm³/mol. The molecule has 0 radical (unpaired) electrons. The molecule has 158 valence electrons. The normalized spacial score (nSPS) is 16.4. The van der Waals surface area contributed by atoms with Crippen molar-refractivity contribution in [3.8, 4) is 0 Å². The van der Waals surface area contributed by atoms with E-state index in [1.54, 1.807) is 24.0 Å². The maximum Gasteiger partial charge on any atom is 0.435 e. The van der Waals surface area contributed by atoms with Crippen LogP contribution in [0.1, 0.15) is 25.5 Å². The van der Waals surface area contributed by atoms with Crippen molar-refractivity contribution in [3.05, 3.63) is 42.2 Å². The van der Waals surface area contributed by atoms with Gasteiger partial charge in [-0.15, -0.1) is 0 Å². The Morgan fingerprint density at radius 1 is 1.21 bits per heavy atom. The van der Waals surface area contributed by atoms with E-state index in [1.807, 2.05) is 0 Å². The molecule has 11 heteroatoms. The molecule has 0 spiro atoms. The maximum absolute atomic E-state index is 12.6. The van der Waals surface area contributed by atoms with Crippen LogP contribution in [0.5, 0.6) is 0 Å². The number of sulfonamides is 1. The van der Waals surface area contributed by atoms with Crippen LogP contribution in [0.15, 0.2) is 41.4 Å². The van der Waals surface area contributed by atoms with E-state index in [-0.39, 0.29) is 29.8 Å². The SMILES string of the molecule is CC(CNS(=O)(=O)c1ccc(N2CCCC2=O)cc1)Cn1ccc(C(F)(F)F)n1. The summed E-state index contributed by atoms with van der Waals surface area (Å²) in [5, 5.41) is 3.46. The lowest BCUT2D eigenvalue weighted by Gasteiger charge is -2.16. The predicted octanol–water partition coefficient (Wildman–Crippen LogP) is 2.64. The van der Waals surface area contributed by atoms with Gasteiger partial charge in [0.25, 0.3) is 0 Å². The molecule has 1 amide bonds. The van der Waals surface area contributed by atoms with Gasteiger partial charge in [-0.2, -0.15) is 18.3 Å². The van der Waals surface area contributed by atoms with Crippen LogP contribution in [0.2, 0.25) is 0 Å². The number of carbonyl (C=O) groups is 1. The lowest BCUT2D eigenvalue weighted by Crippen LogP contribution is -2.30. The van der Waals surface area contributed by atoms with Gasteiger partial charge in [0, 0.05) is 37.9 Å². The number of amides is 1. The van der Waals surface area contributed by atoms with Gasteiger partial charge in [0.05, 0.1) is 4.90 Å². The molecule has 1 atom stereocenters. The lowest BCUT2D eigenvalue weighted by atomic mass is 10.2. The second-order valence-corrected chi connectivity index (χ2v) is 8.79. The summed E-state index contributed by atoms with van der Waals surface area (Å²) >= 11 is 0. The van der Waals surface area contributed by atoms with Gasteiger partial charge in [0.2, 0.25) is 15.9 Å². The van der Waals surface area contributed by atoms with E-state index < -0.39 is 21.9 Å². The monoisotopic (exact) mass is 430 g/mol. The Morgan fingerprint density at radius 3 is 2.45 bits per heavy atom. The Labute approximate surface area is 166 Å². The number of benzene rings is 1. The molecule has 1 aromatic carbocycles. The van der Waals surface area contributed by atoms with Crippen LogP contribution in [0.3, 0.4) is 0 Å². The summed E-state index contributed by atoms with van der Waals surface area (Å²) in [6, 6.07) is 6.91. The highest BCUT2D eigenvalue weighted by molar-refractivity contribution is 7.89. The van der Waals surface area contributed by atoms with E-state index in [1.165, 1.54) is 18.3 Å². The number of carbonyl (C=O) groups excluding carboxylic acids is 1. The molecular weight excluding hydrogens is 409 g/mol. The average molecular weight is 430 g/mol. The molecule has 2 aromatic rings. The Hall–Kier alpha value is -2.40. The Bertz CT molecular complexity index is 971. The largest absolute Gasteiger partial charge is 0.435 e. The first-order valence-electron chi connectivity index (χ1n) is 9.07. The molecule has 1 unspecified atom stereocenters. The molecule has 1 aliphatic rings. The van der Waals surface area contributed by atoms with Crippen molar-refractivity contribution < 1.29 is 26.4 Å². The van der Waals surface area contributed by atoms with E-state index in [0.717, 1.165) is 17.2 Å². The third-order valence-corrected chi connectivity index (χ3v) is 6.02. The molecule has 0 saturated carbocycles. The fourth-order valence-corrected chi connectivity index (χ4v) is 4.23. The zero-order chi connectivity index (χ0) is 21.2. The molecule has 29 heavy (non-hydrogen) atoms. The number of aromatic nitrogens is 2. The van der Waals surface area contributed by atoms with E-state index >= 15 is 0 Å².